The molecule has 0 aliphatic carbocycles. The molecule has 2 atom stereocenters. The molecule has 27 heavy (non-hydrogen) atoms. The summed E-state index contributed by atoms with van der Waals surface area (Å²) in [4.78, 5) is 13.9. The maximum absolute atomic E-state index is 12.6. The first-order valence-electron chi connectivity index (χ1n) is 9.46. The lowest BCUT2D eigenvalue weighted by Crippen LogP contribution is -3.17. The molecule has 1 unspecified atom stereocenters. The number of nitrogens with one attached hydrogen (secondary N) is 2. The predicted octanol–water partition coefficient (Wildman–Crippen LogP) is 1.79. The fourth-order valence-corrected chi connectivity index (χ4v) is 3.64. The lowest BCUT2D eigenvalue weighted by Gasteiger charge is -2.28. The van der Waals surface area contributed by atoms with Crippen LogP contribution in [0.1, 0.15) is 24.5 Å². The van der Waals surface area contributed by atoms with Crippen molar-refractivity contribution < 1.29 is 19.2 Å². The molecule has 2 aliphatic heterocycles. The van der Waals surface area contributed by atoms with Gasteiger partial charge in [0.25, 0.3) is 5.91 Å². The Hall–Kier alpha value is -2.79. The predicted molar refractivity (Wildman–Crippen MR) is 104 cm³/mol. The van der Waals surface area contributed by atoms with E-state index >= 15 is 0 Å². The molecule has 0 saturated heterocycles. The number of carbonyl (C=O) groups excluding carboxylic acids is 1. The van der Waals surface area contributed by atoms with Gasteiger partial charge < -0.3 is 19.7 Å². The highest BCUT2D eigenvalue weighted by molar-refractivity contribution is 5.80. The van der Waals surface area contributed by atoms with E-state index in [-0.39, 0.29) is 18.7 Å². The van der Waals surface area contributed by atoms with Crippen LogP contribution in [0.4, 0.5) is 0 Å². The van der Waals surface area contributed by atoms with Crippen LogP contribution in [0.2, 0.25) is 0 Å². The number of ether oxygens (including phenoxy) is 2. The van der Waals surface area contributed by atoms with Crippen molar-refractivity contribution >= 4 is 11.5 Å². The molecule has 0 aromatic heterocycles. The van der Waals surface area contributed by atoms with Crippen LogP contribution >= 0.6 is 0 Å². The number of fused-ring (bicyclic) bond motifs is 1. The van der Waals surface area contributed by atoms with Gasteiger partial charge in [0.1, 0.15) is 0 Å². The summed E-state index contributed by atoms with van der Waals surface area (Å²) < 4.78 is 10.7. The highest BCUT2D eigenvalue weighted by Gasteiger charge is 2.27. The maximum Gasteiger partial charge on any atom is 0.278 e. The van der Waals surface area contributed by atoms with Crippen molar-refractivity contribution in [2.75, 3.05) is 19.9 Å². The first kappa shape index (κ1) is 17.6. The van der Waals surface area contributed by atoms with E-state index in [4.69, 9.17) is 9.47 Å². The largest absolute Gasteiger partial charge is 0.454 e. The Kier molecular flexibility index (Phi) is 5.12. The molecule has 5 nitrogen and oxygen atoms in total. The quantitative estimate of drug-likeness (QED) is 0.850. The van der Waals surface area contributed by atoms with Gasteiger partial charge in [0.15, 0.2) is 17.5 Å². The van der Waals surface area contributed by atoms with Gasteiger partial charge in [-0.2, -0.15) is 0 Å². The Morgan fingerprint density at radius 2 is 1.96 bits per heavy atom. The number of rotatable bonds is 5. The second kappa shape index (κ2) is 7.84. The van der Waals surface area contributed by atoms with Crippen molar-refractivity contribution in [1.29, 1.82) is 0 Å². The molecule has 140 valence electrons. The summed E-state index contributed by atoms with van der Waals surface area (Å²) in [6.07, 6.45) is 3.27. The Balaban J connectivity index is 1.31. The lowest BCUT2D eigenvalue weighted by atomic mass is 9.99. The van der Waals surface area contributed by atoms with Crippen LogP contribution in [0.25, 0.3) is 5.57 Å². The first-order valence-corrected chi connectivity index (χ1v) is 9.46. The maximum atomic E-state index is 12.6. The van der Waals surface area contributed by atoms with Gasteiger partial charge in [-0.3, -0.25) is 4.79 Å². The van der Waals surface area contributed by atoms with Crippen LogP contribution in [0.15, 0.2) is 54.6 Å². The van der Waals surface area contributed by atoms with Gasteiger partial charge in [-0.05, 0) is 41.8 Å². The van der Waals surface area contributed by atoms with Crippen LogP contribution in [0, 0.1) is 0 Å². The van der Waals surface area contributed by atoms with Crippen molar-refractivity contribution in [2.45, 2.75) is 25.9 Å². The zero-order chi connectivity index (χ0) is 18.6. The minimum absolute atomic E-state index is 0.0763. The third-order valence-electron chi connectivity index (χ3n) is 5.38. The fourth-order valence-electron chi connectivity index (χ4n) is 3.64. The monoisotopic (exact) mass is 365 g/mol. The number of amides is 1. The molecule has 0 fully saturated rings. The number of carbonyl (C=O) groups is 1. The molecule has 2 N–H and O–H groups in total. The molecule has 0 spiro atoms. The molecule has 0 radical (unpaired) electrons. The van der Waals surface area contributed by atoms with Gasteiger partial charge >= 0.3 is 0 Å². The number of quaternary nitrogens is 1. The second-order valence-electron chi connectivity index (χ2n) is 7.08. The Bertz CT molecular complexity index is 848. The lowest BCUT2D eigenvalue weighted by molar-refractivity contribution is -0.909. The van der Waals surface area contributed by atoms with E-state index in [0.29, 0.717) is 6.54 Å². The molecule has 2 aliphatic rings. The SMILES string of the molecule is C[C@H](C(=O)NCc1ccc2c(c1)OCO2)[NH+]1CC=C(c2ccccc2)CC1. The third-order valence-corrected chi connectivity index (χ3v) is 5.38. The zero-order valence-corrected chi connectivity index (χ0v) is 15.5. The average Bonchev–Trinajstić information content (AvgIpc) is 3.20. The standard InChI is InChI=1S/C22H24N2O3/c1-16(24-11-9-19(10-12-24)18-5-3-2-4-6-18)22(25)23-14-17-7-8-20-21(13-17)27-15-26-20/h2-9,13,16H,10-12,14-15H2,1H3,(H,23,25)/p+1/t16-/m1/s1. The minimum Gasteiger partial charge on any atom is -0.454 e. The molecule has 2 aromatic carbocycles. The molecule has 1 amide bonds. The van der Waals surface area contributed by atoms with E-state index in [0.717, 1.165) is 36.6 Å². The first-order chi connectivity index (χ1) is 13.2. The van der Waals surface area contributed by atoms with Crippen LogP contribution in [-0.4, -0.2) is 31.8 Å². The highest BCUT2D eigenvalue weighted by atomic mass is 16.7. The number of hydrogen-bond acceptors (Lipinski definition) is 3. The molecule has 5 heteroatoms. The van der Waals surface area contributed by atoms with Crippen LogP contribution < -0.4 is 19.7 Å². The summed E-state index contributed by atoms with van der Waals surface area (Å²) in [6, 6.07) is 16.2. The summed E-state index contributed by atoms with van der Waals surface area (Å²) in [7, 11) is 0. The zero-order valence-electron chi connectivity index (χ0n) is 15.5. The number of hydrogen-bond donors (Lipinski definition) is 2. The van der Waals surface area contributed by atoms with Gasteiger partial charge in [-0.1, -0.05) is 36.4 Å². The normalized spacial score (nSPS) is 19.3. The molecule has 2 heterocycles. The van der Waals surface area contributed by atoms with Crippen LogP contribution in [0.5, 0.6) is 11.5 Å². The van der Waals surface area contributed by atoms with Crippen molar-refractivity contribution in [3.05, 3.63) is 65.7 Å². The Morgan fingerprint density at radius 1 is 1.15 bits per heavy atom. The molecule has 4 rings (SSSR count). The topological polar surface area (TPSA) is 52.0 Å². The van der Waals surface area contributed by atoms with Gasteiger partial charge in [0.05, 0.1) is 13.1 Å². The molecular weight excluding hydrogens is 340 g/mol. The smallest absolute Gasteiger partial charge is 0.278 e. The Labute approximate surface area is 159 Å². The molecular formula is C22H25N2O3+. The average molecular weight is 365 g/mol. The van der Waals surface area contributed by atoms with Crippen molar-refractivity contribution in [3.8, 4) is 11.5 Å². The van der Waals surface area contributed by atoms with Crippen molar-refractivity contribution in [3.63, 3.8) is 0 Å². The van der Waals surface area contributed by atoms with Crippen molar-refractivity contribution in [1.82, 2.24) is 5.32 Å². The summed E-state index contributed by atoms with van der Waals surface area (Å²) >= 11 is 0. The van der Waals surface area contributed by atoms with E-state index in [2.05, 4.69) is 35.7 Å². The van der Waals surface area contributed by atoms with Gasteiger partial charge in [-0.15, -0.1) is 0 Å². The van der Waals surface area contributed by atoms with Gasteiger partial charge in [0.2, 0.25) is 6.79 Å². The molecule has 2 aromatic rings. The molecule has 0 bridgehead atoms. The summed E-state index contributed by atoms with van der Waals surface area (Å²) in [6.45, 7) is 4.62. The Morgan fingerprint density at radius 3 is 2.74 bits per heavy atom. The minimum atomic E-state index is -0.0763. The number of benzene rings is 2. The van der Waals surface area contributed by atoms with Crippen LogP contribution in [-0.2, 0) is 11.3 Å². The summed E-state index contributed by atoms with van der Waals surface area (Å²) in [5.74, 6) is 1.59. The van der Waals surface area contributed by atoms with Gasteiger partial charge in [0, 0.05) is 13.0 Å². The summed E-state index contributed by atoms with van der Waals surface area (Å²) in [5, 5.41) is 3.05. The second-order valence-corrected chi connectivity index (χ2v) is 7.08. The fraction of sp³-hybridized carbons (Fsp3) is 0.318. The van der Waals surface area contributed by atoms with E-state index in [1.165, 1.54) is 16.0 Å². The van der Waals surface area contributed by atoms with Crippen molar-refractivity contribution in [2.24, 2.45) is 0 Å². The van der Waals surface area contributed by atoms with E-state index in [1.54, 1.807) is 0 Å². The van der Waals surface area contributed by atoms with Gasteiger partial charge in [-0.25, -0.2) is 0 Å². The van der Waals surface area contributed by atoms with Crippen LogP contribution in [0.3, 0.4) is 0 Å². The van der Waals surface area contributed by atoms with E-state index in [1.807, 2.05) is 31.2 Å². The summed E-state index contributed by atoms with van der Waals surface area (Å²) in [5.41, 5.74) is 3.68. The third kappa shape index (κ3) is 3.98. The molecule has 0 saturated carbocycles. The van der Waals surface area contributed by atoms with E-state index < -0.39 is 0 Å². The highest BCUT2D eigenvalue weighted by Crippen LogP contribution is 2.32. The van der Waals surface area contributed by atoms with E-state index in [9.17, 15) is 4.79 Å².